The largest absolute Gasteiger partial charge is 0.489 e. The van der Waals surface area contributed by atoms with Crippen LogP contribution in [0.5, 0.6) is 5.75 Å². The molecule has 0 radical (unpaired) electrons. The van der Waals surface area contributed by atoms with Gasteiger partial charge in [-0.25, -0.2) is 0 Å². The number of carbonyl (C=O) groups excluding carboxylic acids is 2. The molecule has 0 aliphatic carbocycles. The highest BCUT2D eigenvalue weighted by Gasteiger charge is 2.23. The second kappa shape index (κ2) is 9.37. The molecule has 1 aromatic carbocycles. The van der Waals surface area contributed by atoms with Gasteiger partial charge in [0, 0.05) is 17.0 Å². The third-order valence-electron chi connectivity index (χ3n) is 4.68. The van der Waals surface area contributed by atoms with Crippen LogP contribution in [0.1, 0.15) is 48.8 Å². The molecule has 2 N–H and O–H groups in total. The first kappa shape index (κ1) is 22.6. The minimum atomic E-state index is -0.517. The second-order valence-corrected chi connectivity index (χ2v) is 9.86. The Bertz CT molecular complexity index is 930. The molecule has 2 aromatic rings. The highest BCUT2D eigenvalue weighted by Crippen LogP contribution is 2.32. The van der Waals surface area contributed by atoms with Gasteiger partial charge in [-0.2, -0.15) is 0 Å². The topological polar surface area (TPSA) is 76.7 Å². The van der Waals surface area contributed by atoms with Crippen molar-refractivity contribution in [1.29, 1.82) is 0 Å². The average Bonchev–Trinajstić information content (AvgIpc) is 3.30. The Hall–Kier alpha value is -2.09. The van der Waals surface area contributed by atoms with Gasteiger partial charge in [0.25, 0.3) is 5.91 Å². The fraction of sp³-hybridized carbons (Fsp3) is 0.455. The minimum Gasteiger partial charge on any atom is -0.489 e. The molecule has 2 amide bonds. The first-order valence-electron chi connectivity index (χ1n) is 9.90. The van der Waals surface area contributed by atoms with Crippen LogP contribution in [0.25, 0.3) is 0 Å². The van der Waals surface area contributed by atoms with Gasteiger partial charge in [0.1, 0.15) is 12.4 Å². The van der Waals surface area contributed by atoms with E-state index in [2.05, 4.69) is 10.6 Å². The fourth-order valence-corrected chi connectivity index (χ4v) is 4.07. The molecule has 0 bridgehead atoms. The van der Waals surface area contributed by atoms with E-state index in [1.807, 2.05) is 27.7 Å². The molecule has 1 saturated heterocycles. The van der Waals surface area contributed by atoms with E-state index in [1.165, 1.54) is 11.3 Å². The number of halogens is 1. The summed E-state index contributed by atoms with van der Waals surface area (Å²) < 4.78 is 11.5. The van der Waals surface area contributed by atoms with Crippen LogP contribution in [0.15, 0.2) is 24.3 Å². The Morgan fingerprint density at radius 3 is 2.70 bits per heavy atom. The van der Waals surface area contributed by atoms with Crippen molar-refractivity contribution < 1.29 is 19.1 Å². The maximum Gasteiger partial charge on any atom is 0.266 e. The average molecular weight is 451 g/mol. The van der Waals surface area contributed by atoms with E-state index < -0.39 is 5.41 Å². The third kappa shape index (κ3) is 5.74. The van der Waals surface area contributed by atoms with Gasteiger partial charge in [-0.05, 0) is 49.6 Å². The lowest BCUT2D eigenvalue weighted by molar-refractivity contribution is -0.123. The summed E-state index contributed by atoms with van der Waals surface area (Å²) in [5.74, 6) is 0.159. The van der Waals surface area contributed by atoms with E-state index in [0.29, 0.717) is 32.9 Å². The summed E-state index contributed by atoms with van der Waals surface area (Å²) >= 11 is 7.37. The number of nitrogens with one attached hydrogen (secondary N) is 2. The summed E-state index contributed by atoms with van der Waals surface area (Å²) in [7, 11) is 0. The van der Waals surface area contributed by atoms with Crippen LogP contribution in [0.3, 0.4) is 0 Å². The van der Waals surface area contributed by atoms with Gasteiger partial charge in [0.2, 0.25) is 5.91 Å². The van der Waals surface area contributed by atoms with Crippen LogP contribution >= 0.6 is 22.9 Å². The van der Waals surface area contributed by atoms with E-state index in [4.69, 9.17) is 21.1 Å². The molecule has 0 saturated carbocycles. The van der Waals surface area contributed by atoms with Crippen molar-refractivity contribution in [3.8, 4) is 5.75 Å². The van der Waals surface area contributed by atoms with Gasteiger partial charge in [0.05, 0.1) is 21.7 Å². The maximum atomic E-state index is 12.9. The van der Waals surface area contributed by atoms with Crippen molar-refractivity contribution in [2.45, 2.75) is 46.6 Å². The summed E-state index contributed by atoms with van der Waals surface area (Å²) in [6.07, 6.45) is 2.06. The number of ether oxygens (including phenoxy) is 2. The van der Waals surface area contributed by atoms with Crippen LogP contribution < -0.4 is 15.4 Å². The lowest BCUT2D eigenvalue weighted by atomic mass is 9.96. The van der Waals surface area contributed by atoms with Crippen molar-refractivity contribution in [3.63, 3.8) is 0 Å². The summed E-state index contributed by atoms with van der Waals surface area (Å²) in [6.45, 7) is 8.54. The van der Waals surface area contributed by atoms with Crippen molar-refractivity contribution in [3.05, 3.63) is 39.7 Å². The number of amides is 2. The van der Waals surface area contributed by atoms with E-state index in [9.17, 15) is 9.59 Å². The molecule has 3 rings (SSSR count). The van der Waals surface area contributed by atoms with Crippen LogP contribution in [0.2, 0.25) is 5.02 Å². The molecule has 30 heavy (non-hydrogen) atoms. The molecular formula is C22H27ClN2O4S. The van der Waals surface area contributed by atoms with E-state index in [-0.39, 0.29) is 17.9 Å². The Labute approximate surface area is 185 Å². The van der Waals surface area contributed by atoms with Gasteiger partial charge in [-0.3, -0.25) is 9.59 Å². The zero-order chi connectivity index (χ0) is 21.9. The molecule has 1 fully saturated rings. The van der Waals surface area contributed by atoms with Crippen LogP contribution in [0, 0.1) is 12.3 Å². The molecule has 1 unspecified atom stereocenters. The van der Waals surface area contributed by atoms with Crippen LogP contribution in [-0.4, -0.2) is 31.1 Å². The van der Waals surface area contributed by atoms with Crippen molar-refractivity contribution in [1.82, 2.24) is 0 Å². The van der Waals surface area contributed by atoms with Crippen LogP contribution in [0.4, 0.5) is 10.7 Å². The SMILES string of the molecule is Cc1cc(NC(=O)C(C)(C)C)sc1C(=O)Nc1cc(Cl)ccc1OCC1CCCO1. The summed E-state index contributed by atoms with van der Waals surface area (Å²) in [6, 6.07) is 6.92. The molecule has 1 aromatic heterocycles. The summed E-state index contributed by atoms with van der Waals surface area (Å²) in [5, 5.41) is 6.90. The van der Waals surface area contributed by atoms with E-state index >= 15 is 0 Å². The van der Waals surface area contributed by atoms with Gasteiger partial charge < -0.3 is 20.1 Å². The number of aryl methyl sites for hydroxylation is 1. The highest BCUT2D eigenvalue weighted by atomic mass is 35.5. The molecule has 8 heteroatoms. The van der Waals surface area contributed by atoms with Crippen LogP contribution in [-0.2, 0) is 9.53 Å². The minimum absolute atomic E-state index is 0.0674. The smallest absolute Gasteiger partial charge is 0.266 e. The number of rotatable bonds is 6. The van der Waals surface area contributed by atoms with E-state index in [1.54, 1.807) is 24.3 Å². The molecule has 162 valence electrons. The highest BCUT2D eigenvalue weighted by molar-refractivity contribution is 7.18. The number of hydrogen-bond acceptors (Lipinski definition) is 5. The Morgan fingerprint density at radius 1 is 1.27 bits per heavy atom. The second-order valence-electron chi connectivity index (χ2n) is 8.37. The number of carbonyl (C=O) groups is 2. The monoisotopic (exact) mass is 450 g/mol. The summed E-state index contributed by atoms with van der Waals surface area (Å²) in [5.41, 5.74) is 0.764. The molecule has 0 spiro atoms. The predicted molar refractivity (Wildman–Crippen MR) is 121 cm³/mol. The standard InChI is InChI=1S/C22H27ClN2O4S/c1-13-10-18(25-21(27)22(2,3)4)30-19(13)20(26)24-16-11-14(23)7-8-17(16)29-12-15-6-5-9-28-15/h7-8,10-11,15H,5-6,9,12H2,1-4H3,(H,24,26)(H,25,27). The molecular weight excluding hydrogens is 424 g/mol. The number of benzene rings is 1. The molecule has 1 atom stereocenters. The molecule has 6 nitrogen and oxygen atoms in total. The van der Waals surface area contributed by atoms with Gasteiger partial charge >= 0.3 is 0 Å². The quantitative estimate of drug-likeness (QED) is 0.608. The maximum absolute atomic E-state index is 12.9. The zero-order valence-electron chi connectivity index (χ0n) is 17.6. The Kier molecular flexibility index (Phi) is 7.06. The number of hydrogen-bond donors (Lipinski definition) is 2. The number of anilines is 2. The summed E-state index contributed by atoms with van der Waals surface area (Å²) in [4.78, 5) is 25.7. The molecule has 2 heterocycles. The Balaban J connectivity index is 1.72. The van der Waals surface area contributed by atoms with Gasteiger partial charge in [-0.15, -0.1) is 11.3 Å². The fourth-order valence-electron chi connectivity index (χ4n) is 2.93. The lowest BCUT2D eigenvalue weighted by Crippen LogP contribution is -2.27. The first-order valence-corrected chi connectivity index (χ1v) is 11.1. The van der Waals surface area contributed by atoms with E-state index in [0.717, 1.165) is 25.0 Å². The third-order valence-corrected chi connectivity index (χ3v) is 6.07. The normalized spacial score (nSPS) is 16.4. The molecule has 1 aliphatic heterocycles. The van der Waals surface area contributed by atoms with Gasteiger partial charge in [-0.1, -0.05) is 32.4 Å². The van der Waals surface area contributed by atoms with Crippen molar-refractivity contribution in [2.75, 3.05) is 23.8 Å². The zero-order valence-corrected chi connectivity index (χ0v) is 19.2. The van der Waals surface area contributed by atoms with Gasteiger partial charge in [0.15, 0.2) is 0 Å². The van der Waals surface area contributed by atoms with Crippen molar-refractivity contribution >= 4 is 45.4 Å². The van der Waals surface area contributed by atoms with Crippen molar-refractivity contribution in [2.24, 2.45) is 5.41 Å². The Morgan fingerprint density at radius 2 is 2.03 bits per heavy atom. The number of thiophene rings is 1. The predicted octanol–water partition coefficient (Wildman–Crippen LogP) is 5.50. The molecule has 1 aliphatic rings. The first-order chi connectivity index (χ1) is 14.1. The lowest BCUT2D eigenvalue weighted by Gasteiger charge is -2.16.